The summed E-state index contributed by atoms with van der Waals surface area (Å²) in [5, 5.41) is 14.7. The van der Waals surface area contributed by atoms with Crippen molar-refractivity contribution < 1.29 is 0 Å². The molecular formula is C92H56N8S2. The van der Waals surface area contributed by atoms with Gasteiger partial charge in [-0.25, -0.2) is 19.9 Å². The molecule has 0 atom stereocenters. The SMILES string of the molecule is c1ccc(-c2cc(-c3ccc4sc5ccccc5c4c3)nc(-n3c4ccccc4c4c5c6ccccc6n(-c6ccccc6)c5ccc43)n2)cc1.c1ccc(-c2cc(-c3cccc4sc5ccccc5c34)nc(-n3c4ccccc4c4c5c6ccccc6n(-c6ccccc6)c5ccc43)n2)cc1. The third kappa shape index (κ3) is 9.06. The molecule has 0 radical (unpaired) electrons. The molecule has 102 heavy (non-hydrogen) atoms. The van der Waals surface area contributed by atoms with E-state index in [0.29, 0.717) is 11.9 Å². The van der Waals surface area contributed by atoms with E-state index in [0.717, 1.165) is 78.5 Å². The average molecular weight is 1340 g/mol. The predicted octanol–water partition coefficient (Wildman–Crippen LogP) is 24.7. The summed E-state index contributed by atoms with van der Waals surface area (Å²) in [6.45, 7) is 0. The van der Waals surface area contributed by atoms with Gasteiger partial charge in [0.1, 0.15) is 0 Å². The molecule has 0 spiro atoms. The zero-order chi connectivity index (χ0) is 66.9. The van der Waals surface area contributed by atoms with Gasteiger partial charge >= 0.3 is 0 Å². The molecule has 8 heterocycles. The lowest BCUT2D eigenvalue weighted by atomic mass is 10.0. The molecule has 0 N–H and O–H groups in total. The summed E-state index contributed by atoms with van der Waals surface area (Å²) < 4.78 is 14.4. The Balaban J connectivity index is 0.000000133. The number of rotatable bonds is 8. The second-order valence-electron chi connectivity index (χ2n) is 26.0. The fourth-order valence-electron chi connectivity index (χ4n) is 15.9. The van der Waals surface area contributed by atoms with Crippen LogP contribution in [0.15, 0.2) is 340 Å². The highest BCUT2D eigenvalue weighted by Crippen LogP contribution is 2.47. The lowest BCUT2D eigenvalue weighted by molar-refractivity contribution is 0.996. The topological polar surface area (TPSA) is 71.3 Å². The first kappa shape index (κ1) is 57.9. The number of hydrogen-bond donors (Lipinski definition) is 0. The van der Waals surface area contributed by atoms with Gasteiger partial charge in [0, 0.05) is 117 Å². The smallest absolute Gasteiger partial charge is 0.235 e. The molecule has 0 aliphatic carbocycles. The standard InChI is InChI=1S/2C46H28N4S/c1-3-14-29(15-4-1)35-28-36(31-21-13-25-42-43(31)34-20-9-12-24-41(34)51-42)48-46(47-35)50-38-23-11-8-19-33(38)45-40(50)27-26-39-44(45)32-18-7-10-22-37(32)49(39)30-16-5-2-6-17-30;1-3-13-29(14-4-1)36-28-37(30-23-26-43-35(27-30)32-17-9-12-22-42(32)51-43)48-46(47-36)50-39-21-11-8-19-34(39)45-41(50)25-24-40-44(45)33-18-7-10-20-38(33)49(40)31-15-5-2-6-16-31/h2*1-28H. The summed E-state index contributed by atoms with van der Waals surface area (Å²) in [6, 6.07) is 121. The average Bonchev–Trinajstić information content (AvgIpc) is 1.54. The van der Waals surface area contributed by atoms with E-state index in [1.54, 1.807) is 0 Å². The molecular weight excluding hydrogens is 1280 g/mol. The Morgan fingerprint density at radius 2 is 0.539 bits per heavy atom. The molecule has 0 aliphatic rings. The van der Waals surface area contributed by atoms with E-state index in [9.17, 15) is 0 Å². The molecule has 22 rings (SSSR count). The van der Waals surface area contributed by atoms with E-state index in [1.807, 2.05) is 28.7 Å². The molecule has 8 aromatic heterocycles. The third-order valence-corrected chi connectivity index (χ3v) is 22.6. The number of hydrogen-bond acceptors (Lipinski definition) is 6. The van der Waals surface area contributed by atoms with E-state index in [1.165, 1.54) is 106 Å². The van der Waals surface area contributed by atoms with Crippen molar-refractivity contribution in [2.75, 3.05) is 0 Å². The first-order chi connectivity index (χ1) is 50.6. The van der Waals surface area contributed by atoms with E-state index in [-0.39, 0.29) is 0 Å². The number of aromatic nitrogens is 8. The Kier molecular flexibility index (Phi) is 13.2. The Morgan fingerprint density at radius 3 is 1.03 bits per heavy atom. The van der Waals surface area contributed by atoms with Gasteiger partial charge in [-0.2, -0.15) is 0 Å². The van der Waals surface area contributed by atoms with Crippen molar-refractivity contribution in [2.45, 2.75) is 0 Å². The van der Waals surface area contributed by atoms with Crippen LogP contribution in [0.2, 0.25) is 0 Å². The minimum absolute atomic E-state index is 0.652. The van der Waals surface area contributed by atoms with Crippen LogP contribution in [0.25, 0.3) is 196 Å². The number of benzene rings is 14. The number of para-hydroxylation sites is 6. The lowest BCUT2D eigenvalue weighted by Gasteiger charge is -2.13. The van der Waals surface area contributed by atoms with Crippen molar-refractivity contribution in [2.24, 2.45) is 0 Å². The monoisotopic (exact) mass is 1340 g/mol. The van der Waals surface area contributed by atoms with Crippen molar-refractivity contribution in [3.05, 3.63) is 340 Å². The Labute approximate surface area is 592 Å². The highest BCUT2D eigenvalue weighted by Gasteiger charge is 2.26. The Morgan fingerprint density at radius 1 is 0.196 bits per heavy atom. The fourth-order valence-corrected chi connectivity index (χ4v) is 18.1. The Bertz CT molecular complexity index is 7120. The largest absolute Gasteiger partial charge is 0.309 e. The van der Waals surface area contributed by atoms with Crippen LogP contribution in [-0.4, -0.2) is 38.2 Å². The van der Waals surface area contributed by atoms with Crippen molar-refractivity contribution in [3.8, 4) is 68.3 Å². The maximum Gasteiger partial charge on any atom is 0.235 e. The molecule has 0 saturated carbocycles. The molecule has 0 aliphatic heterocycles. The van der Waals surface area contributed by atoms with E-state index < -0.39 is 0 Å². The van der Waals surface area contributed by atoms with Gasteiger partial charge in [0.15, 0.2) is 0 Å². The summed E-state index contributed by atoms with van der Waals surface area (Å²) in [5.41, 5.74) is 19.2. The lowest BCUT2D eigenvalue weighted by Crippen LogP contribution is -2.04. The van der Waals surface area contributed by atoms with Gasteiger partial charge in [-0.3, -0.25) is 9.13 Å². The van der Waals surface area contributed by atoms with Gasteiger partial charge in [-0.1, -0.05) is 224 Å². The molecule has 0 amide bonds. The predicted molar refractivity (Wildman–Crippen MR) is 429 cm³/mol. The summed E-state index contributed by atoms with van der Waals surface area (Å²) in [6.07, 6.45) is 0. The highest BCUT2D eigenvalue weighted by molar-refractivity contribution is 7.26. The van der Waals surface area contributed by atoms with Crippen molar-refractivity contribution in [1.82, 2.24) is 38.2 Å². The zero-order valence-electron chi connectivity index (χ0n) is 54.7. The maximum absolute atomic E-state index is 5.45. The van der Waals surface area contributed by atoms with E-state index in [2.05, 4.69) is 352 Å². The molecule has 22 aromatic rings. The molecule has 8 nitrogen and oxygen atoms in total. The molecule has 10 heteroatoms. The van der Waals surface area contributed by atoms with Crippen molar-refractivity contribution in [1.29, 1.82) is 0 Å². The normalized spacial score (nSPS) is 11.9. The van der Waals surface area contributed by atoms with Gasteiger partial charge in [0.2, 0.25) is 11.9 Å². The van der Waals surface area contributed by atoms with Gasteiger partial charge in [-0.15, -0.1) is 22.7 Å². The highest BCUT2D eigenvalue weighted by atomic mass is 32.1. The first-order valence-electron chi connectivity index (χ1n) is 34.4. The number of thiophene rings is 2. The van der Waals surface area contributed by atoms with E-state index in [4.69, 9.17) is 19.9 Å². The van der Waals surface area contributed by atoms with Crippen LogP contribution in [0.1, 0.15) is 0 Å². The van der Waals surface area contributed by atoms with Crippen LogP contribution >= 0.6 is 22.7 Å². The summed E-state index contributed by atoms with van der Waals surface area (Å²) in [7, 11) is 0. The Hall–Kier alpha value is -13.1. The van der Waals surface area contributed by atoms with Crippen molar-refractivity contribution in [3.63, 3.8) is 0 Å². The number of fused-ring (bicyclic) bond motifs is 20. The maximum atomic E-state index is 5.45. The van der Waals surface area contributed by atoms with E-state index >= 15 is 0 Å². The zero-order valence-corrected chi connectivity index (χ0v) is 56.4. The minimum Gasteiger partial charge on any atom is -0.309 e. The van der Waals surface area contributed by atoms with Crippen LogP contribution in [0, 0.1) is 0 Å². The minimum atomic E-state index is 0.652. The summed E-state index contributed by atoms with van der Waals surface area (Å²) >= 11 is 3.66. The van der Waals surface area contributed by atoms with Crippen LogP contribution in [-0.2, 0) is 0 Å². The third-order valence-electron chi connectivity index (χ3n) is 20.3. The molecule has 14 aromatic carbocycles. The molecule has 0 fully saturated rings. The van der Waals surface area contributed by atoms with Gasteiger partial charge < -0.3 is 9.13 Å². The van der Waals surface area contributed by atoms with Crippen molar-refractivity contribution >= 4 is 150 Å². The summed E-state index contributed by atoms with van der Waals surface area (Å²) in [4.78, 5) is 21.5. The molecule has 0 saturated heterocycles. The second kappa shape index (κ2) is 23.3. The fraction of sp³-hybridized carbons (Fsp3) is 0. The first-order valence-corrected chi connectivity index (χ1v) is 36.0. The van der Waals surface area contributed by atoms with Crippen LogP contribution < -0.4 is 0 Å². The molecule has 0 unspecified atom stereocenters. The van der Waals surface area contributed by atoms with Gasteiger partial charge in [-0.05, 0) is 115 Å². The van der Waals surface area contributed by atoms with Crippen LogP contribution in [0.4, 0.5) is 0 Å². The van der Waals surface area contributed by atoms with Crippen LogP contribution in [0.3, 0.4) is 0 Å². The summed E-state index contributed by atoms with van der Waals surface area (Å²) in [5.74, 6) is 1.30. The van der Waals surface area contributed by atoms with Gasteiger partial charge in [0.25, 0.3) is 0 Å². The van der Waals surface area contributed by atoms with Gasteiger partial charge in [0.05, 0.1) is 66.9 Å². The second-order valence-corrected chi connectivity index (χ2v) is 28.2. The quantitative estimate of drug-likeness (QED) is 0.152. The number of nitrogens with zero attached hydrogens (tertiary/aromatic N) is 8. The molecule has 476 valence electrons. The van der Waals surface area contributed by atoms with Crippen LogP contribution in [0.5, 0.6) is 0 Å². The molecule has 0 bridgehead atoms.